The van der Waals surface area contributed by atoms with Crippen LogP contribution in [-0.4, -0.2) is 25.7 Å². The van der Waals surface area contributed by atoms with E-state index < -0.39 is 0 Å². The number of hydrogen-bond donors (Lipinski definition) is 1. The number of anilines is 1. The molecule has 0 atom stereocenters. The van der Waals surface area contributed by atoms with Crippen LogP contribution in [0.2, 0.25) is 0 Å². The number of aryl methyl sites for hydroxylation is 2. The number of thiazole rings is 1. The lowest BCUT2D eigenvalue weighted by Crippen LogP contribution is -2.10. The van der Waals surface area contributed by atoms with Crippen LogP contribution >= 0.6 is 11.3 Å². The van der Waals surface area contributed by atoms with Crippen LogP contribution in [0.15, 0.2) is 36.9 Å². The second kappa shape index (κ2) is 5.45. The van der Waals surface area contributed by atoms with Crippen molar-refractivity contribution in [3.05, 3.63) is 47.5 Å². The average molecular weight is 299 g/mol. The number of aromatic nitrogens is 4. The van der Waals surface area contributed by atoms with E-state index in [0.29, 0.717) is 10.6 Å². The first-order valence-electron chi connectivity index (χ1n) is 6.31. The second-order valence-electron chi connectivity index (χ2n) is 4.52. The van der Waals surface area contributed by atoms with Crippen LogP contribution < -0.4 is 5.32 Å². The molecule has 3 aromatic rings. The topological polar surface area (TPSA) is 72.7 Å². The first-order valence-corrected chi connectivity index (χ1v) is 7.13. The van der Waals surface area contributed by atoms with Crippen LogP contribution in [-0.2, 0) is 7.05 Å². The van der Waals surface area contributed by atoms with Crippen LogP contribution in [0.3, 0.4) is 0 Å². The zero-order valence-electron chi connectivity index (χ0n) is 11.6. The molecule has 3 aromatic heterocycles. The van der Waals surface area contributed by atoms with Crippen LogP contribution in [0.4, 0.5) is 5.69 Å². The molecule has 0 unspecified atom stereocenters. The highest BCUT2D eigenvalue weighted by atomic mass is 32.1. The van der Waals surface area contributed by atoms with Crippen molar-refractivity contribution in [2.75, 3.05) is 5.32 Å². The lowest BCUT2D eigenvalue weighted by molar-refractivity contribution is 0.103. The summed E-state index contributed by atoms with van der Waals surface area (Å²) in [5, 5.41) is 7.84. The summed E-state index contributed by atoms with van der Waals surface area (Å²) < 4.78 is 1.67. The predicted molar refractivity (Wildman–Crippen MR) is 81.2 cm³/mol. The van der Waals surface area contributed by atoms with Crippen LogP contribution in [0.25, 0.3) is 10.6 Å². The summed E-state index contributed by atoms with van der Waals surface area (Å²) in [6, 6.07) is 3.73. The third kappa shape index (κ3) is 2.82. The Labute approximate surface area is 125 Å². The first kappa shape index (κ1) is 13.4. The number of hydrogen-bond acceptors (Lipinski definition) is 5. The molecule has 3 heterocycles. The summed E-state index contributed by atoms with van der Waals surface area (Å²) in [5.41, 5.74) is 2.44. The third-order valence-electron chi connectivity index (χ3n) is 2.92. The van der Waals surface area contributed by atoms with E-state index in [1.807, 2.05) is 26.1 Å². The van der Waals surface area contributed by atoms with Crippen molar-refractivity contribution < 1.29 is 4.79 Å². The van der Waals surface area contributed by atoms with Gasteiger partial charge in [0.25, 0.3) is 5.91 Å². The number of carbonyl (C=O) groups excluding carboxylic acids is 1. The molecule has 0 bridgehead atoms. The highest BCUT2D eigenvalue weighted by Gasteiger charge is 2.14. The van der Waals surface area contributed by atoms with Gasteiger partial charge in [-0.25, -0.2) is 4.98 Å². The van der Waals surface area contributed by atoms with E-state index in [9.17, 15) is 4.79 Å². The molecular weight excluding hydrogens is 286 g/mol. The number of nitrogens with one attached hydrogen (secondary N) is 1. The molecule has 0 radical (unpaired) electrons. The van der Waals surface area contributed by atoms with Crippen LogP contribution in [0.5, 0.6) is 0 Å². The fraction of sp³-hybridized carbons (Fsp3) is 0.143. The summed E-state index contributed by atoms with van der Waals surface area (Å²) >= 11 is 1.35. The minimum atomic E-state index is -0.177. The van der Waals surface area contributed by atoms with Gasteiger partial charge in [0, 0.05) is 31.2 Å². The van der Waals surface area contributed by atoms with Gasteiger partial charge in [-0.15, -0.1) is 11.3 Å². The molecule has 0 fully saturated rings. The molecule has 0 aliphatic carbocycles. The standard InChI is InChI=1S/C14H13N5OS/c1-9-11(8-19(2)18-9)17-13(20)12-7-16-14(21-12)10-3-5-15-6-4-10/h3-8H,1-2H3,(H,17,20). The Bertz CT molecular complexity index is 778. The van der Waals surface area contributed by atoms with Gasteiger partial charge in [0.15, 0.2) is 0 Å². The molecule has 106 valence electrons. The van der Waals surface area contributed by atoms with Gasteiger partial charge in [-0.3, -0.25) is 14.5 Å². The SMILES string of the molecule is Cc1nn(C)cc1NC(=O)c1cnc(-c2ccncc2)s1. The van der Waals surface area contributed by atoms with Gasteiger partial charge in [0.05, 0.1) is 17.6 Å². The quantitative estimate of drug-likeness (QED) is 0.806. The average Bonchev–Trinajstić information content (AvgIpc) is 3.07. The van der Waals surface area contributed by atoms with Crippen molar-refractivity contribution in [2.24, 2.45) is 7.05 Å². The molecule has 0 saturated heterocycles. The second-order valence-corrected chi connectivity index (χ2v) is 5.55. The monoisotopic (exact) mass is 299 g/mol. The zero-order chi connectivity index (χ0) is 14.8. The van der Waals surface area contributed by atoms with E-state index in [2.05, 4.69) is 20.4 Å². The van der Waals surface area contributed by atoms with Gasteiger partial charge >= 0.3 is 0 Å². The predicted octanol–water partition coefficient (Wildman–Crippen LogP) is 2.50. The Kier molecular flexibility index (Phi) is 3.49. The molecule has 0 aliphatic heterocycles. The highest BCUT2D eigenvalue weighted by Crippen LogP contribution is 2.25. The molecule has 0 aromatic carbocycles. The number of rotatable bonds is 3. The number of carbonyl (C=O) groups is 1. The fourth-order valence-corrected chi connectivity index (χ4v) is 2.73. The Morgan fingerprint density at radius 1 is 1.33 bits per heavy atom. The number of amides is 1. The maximum Gasteiger partial charge on any atom is 0.267 e. The number of nitrogens with zero attached hydrogens (tertiary/aromatic N) is 4. The summed E-state index contributed by atoms with van der Waals surface area (Å²) in [4.78, 5) is 21.0. The van der Waals surface area contributed by atoms with Crippen LogP contribution in [0.1, 0.15) is 15.4 Å². The maximum atomic E-state index is 12.2. The fourth-order valence-electron chi connectivity index (χ4n) is 1.91. The summed E-state index contributed by atoms with van der Waals surface area (Å²) in [6.07, 6.45) is 6.77. The molecular formula is C14H13N5OS. The van der Waals surface area contributed by atoms with E-state index in [4.69, 9.17) is 0 Å². The summed E-state index contributed by atoms with van der Waals surface area (Å²) in [6.45, 7) is 1.85. The molecule has 0 spiro atoms. The maximum absolute atomic E-state index is 12.2. The Morgan fingerprint density at radius 3 is 2.76 bits per heavy atom. The molecule has 6 nitrogen and oxygen atoms in total. The van der Waals surface area contributed by atoms with E-state index >= 15 is 0 Å². The molecule has 1 N–H and O–H groups in total. The normalized spacial score (nSPS) is 10.6. The van der Waals surface area contributed by atoms with E-state index in [1.54, 1.807) is 29.5 Å². The summed E-state index contributed by atoms with van der Waals surface area (Å²) in [5.74, 6) is -0.177. The Balaban J connectivity index is 1.80. The van der Waals surface area contributed by atoms with Crippen molar-refractivity contribution in [3.8, 4) is 10.6 Å². The van der Waals surface area contributed by atoms with E-state index in [-0.39, 0.29) is 5.91 Å². The minimum absolute atomic E-state index is 0.177. The molecule has 21 heavy (non-hydrogen) atoms. The smallest absolute Gasteiger partial charge is 0.267 e. The minimum Gasteiger partial charge on any atom is -0.318 e. The molecule has 7 heteroatoms. The van der Waals surface area contributed by atoms with Gasteiger partial charge in [-0.05, 0) is 19.1 Å². The zero-order valence-corrected chi connectivity index (χ0v) is 12.4. The van der Waals surface area contributed by atoms with E-state index in [1.165, 1.54) is 11.3 Å². The largest absolute Gasteiger partial charge is 0.318 e. The van der Waals surface area contributed by atoms with Gasteiger partial charge in [0.2, 0.25) is 0 Å². The molecule has 0 aliphatic rings. The van der Waals surface area contributed by atoms with Gasteiger partial charge in [-0.2, -0.15) is 5.10 Å². The van der Waals surface area contributed by atoms with Crippen molar-refractivity contribution in [1.29, 1.82) is 0 Å². The van der Waals surface area contributed by atoms with Crippen molar-refractivity contribution in [3.63, 3.8) is 0 Å². The lowest BCUT2D eigenvalue weighted by Gasteiger charge is -2.00. The van der Waals surface area contributed by atoms with Crippen molar-refractivity contribution in [1.82, 2.24) is 19.7 Å². The first-order chi connectivity index (χ1) is 10.1. The summed E-state index contributed by atoms with van der Waals surface area (Å²) in [7, 11) is 1.82. The van der Waals surface area contributed by atoms with Gasteiger partial charge in [-0.1, -0.05) is 0 Å². The lowest BCUT2D eigenvalue weighted by atomic mass is 10.3. The number of pyridine rings is 1. The molecule has 0 saturated carbocycles. The highest BCUT2D eigenvalue weighted by molar-refractivity contribution is 7.17. The Hall–Kier alpha value is -2.54. The van der Waals surface area contributed by atoms with Crippen LogP contribution in [0, 0.1) is 6.92 Å². The van der Waals surface area contributed by atoms with Crippen molar-refractivity contribution >= 4 is 22.9 Å². The van der Waals surface area contributed by atoms with Gasteiger partial charge < -0.3 is 5.32 Å². The third-order valence-corrected chi connectivity index (χ3v) is 3.96. The molecule has 1 amide bonds. The Morgan fingerprint density at radius 2 is 2.10 bits per heavy atom. The van der Waals surface area contributed by atoms with Crippen molar-refractivity contribution in [2.45, 2.75) is 6.92 Å². The molecule has 3 rings (SSSR count). The van der Waals surface area contributed by atoms with Gasteiger partial charge in [0.1, 0.15) is 9.88 Å². The van der Waals surface area contributed by atoms with E-state index in [0.717, 1.165) is 16.3 Å².